The number of carboxylic acids is 1. The zero-order valence-corrected chi connectivity index (χ0v) is 14.3. The van der Waals surface area contributed by atoms with E-state index in [0.717, 1.165) is 12.8 Å². The smallest absolute Gasteiger partial charge is 0.162 e. The van der Waals surface area contributed by atoms with E-state index in [-0.39, 0.29) is 24.0 Å². The van der Waals surface area contributed by atoms with Gasteiger partial charge in [0.1, 0.15) is 0 Å². The Morgan fingerprint density at radius 2 is 2.12 bits per heavy atom. The van der Waals surface area contributed by atoms with Gasteiger partial charge in [0.05, 0.1) is 6.10 Å². The molecule has 0 amide bonds. The molecule has 1 aliphatic rings. The van der Waals surface area contributed by atoms with Crippen LogP contribution < -0.4 is 5.11 Å². The van der Waals surface area contributed by atoms with Gasteiger partial charge in [0.15, 0.2) is 5.78 Å². The molecule has 0 saturated heterocycles. The van der Waals surface area contributed by atoms with Crippen LogP contribution in [0, 0.1) is 11.8 Å². The van der Waals surface area contributed by atoms with E-state index in [1.54, 1.807) is 18.2 Å². The highest BCUT2D eigenvalue weighted by Gasteiger charge is 2.26. The van der Waals surface area contributed by atoms with Crippen molar-refractivity contribution >= 4 is 11.8 Å². The van der Waals surface area contributed by atoms with Gasteiger partial charge in [-0.1, -0.05) is 49.5 Å². The lowest BCUT2D eigenvalue weighted by Crippen LogP contribution is -2.21. The molecule has 0 bridgehead atoms. The Hall–Kier alpha value is -1.94. The van der Waals surface area contributed by atoms with Crippen LogP contribution in [0.5, 0.6) is 0 Å². The number of allylic oxidation sites excluding steroid dienone is 6. The number of unbranched alkanes of at least 4 members (excludes halogenated alkanes) is 1. The number of ketones is 1. The quantitative estimate of drug-likeness (QED) is 0.466. The molecular weight excluding hydrogens is 304 g/mol. The third kappa shape index (κ3) is 8.06. The highest BCUT2D eigenvalue weighted by Crippen LogP contribution is 2.27. The Morgan fingerprint density at radius 3 is 2.83 bits per heavy atom. The van der Waals surface area contributed by atoms with E-state index in [0.29, 0.717) is 19.3 Å². The van der Waals surface area contributed by atoms with Crippen molar-refractivity contribution in [2.75, 3.05) is 0 Å². The van der Waals surface area contributed by atoms with Crippen LogP contribution in [0.25, 0.3) is 0 Å². The molecule has 132 valence electrons. The third-order valence-electron chi connectivity index (χ3n) is 3.94. The minimum Gasteiger partial charge on any atom is -0.550 e. The minimum atomic E-state index is -1.02. The third-order valence-corrected chi connectivity index (χ3v) is 3.94. The van der Waals surface area contributed by atoms with Crippen molar-refractivity contribution in [3.63, 3.8) is 0 Å². The molecule has 0 aromatic carbocycles. The second-order valence-electron chi connectivity index (χ2n) is 5.99. The minimum absolute atomic E-state index is 0.0675. The Balaban J connectivity index is 2.42. The van der Waals surface area contributed by atoms with E-state index < -0.39 is 12.1 Å². The number of carbonyl (C=O) groups excluding carboxylic acids is 2. The molecule has 1 N–H and O–H groups in total. The average Bonchev–Trinajstić information content (AvgIpc) is 2.89. The summed E-state index contributed by atoms with van der Waals surface area (Å²) in [6.07, 6.45) is 17.9. The summed E-state index contributed by atoms with van der Waals surface area (Å²) >= 11 is 0. The van der Waals surface area contributed by atoms with Gasteiger partial charge in [0.25, 0.3) is 0 Å². The first-order valence-corrected chi connectivity index (χ1v) is 8.62. The molecule has 24 heavy (non-hydrogen) atoms. The van der Waals surface area contributed by atoms with Gasteiger partial charge in [-0.15, -0.1) is 0 Å². The van der Waals surface area contributed by atoms with Crippen molar-refractivity contribution in [1.82, 2.24) is 0 Å². The van der Waals surface area contributed by atoms with E-state index >= 15 is 0 Å². The van der Waals surface area contributed by atoms with Crippen molar-refractivity contribution < 1.29 is 19.8 Å². The summed E-state index contributed by atoms with van der Waals surface area (Å²) in [5.41, 5.74) is 0. The number of rotatable bonds is 11. The number of aliphatic carboxylic acids is 1. The Kier molecular flexibility index (Phi) is 9.70. The maximum Gasteiger partial charge on any atom is 0.162 e. The molecule has 4 nitrogen and oxygen atoms in total. The van der Waals surface area contributed by atoms with Gasteiger partial charge in [-0.05, 0) is 50.5 Å². The van der Waals surface area contributed by atoms with Gasteiger partial charge in [-0.2, -0.15) is 0 Å². The summed E-state index contributed by atoms with van der Waals surface area (Å²) in [6.45, 7) is 2.04. The first kappa shape index (κ1) is 20.1. The van der Waals surface area contributed by atoms with E-state index in [1.807, 2.05) is 37.3 Å². The largest absolute Gasteiger partial charge is 0.550 e. The van der Waals surface area contributed by atoms with E-state index in [2.05, 4.69) is 0 Å². The molecule has 0 heterocycles. The highest BCUT2D eigenvalue weighted by molar-refractivity contribution is 5.95. The van der Waals surface area contributed by atoms with Gasteiger partial charge in [-0.25, -0.2) is 0 Å². The molecule has 0 fully saturated rings. The molecule has 1 rings (SSSR count). The Morgan fingerprint density at radius 1 is 1.33 bits per heavy atom. The van der Waals surface area contributed by atoms with Gasteiger partial charge in [-0.3, -0.25) is 4.79 Å². The molecule has 0 spiro atoms. The van der Waals surface area contributed by atoms with Crippen LogP contribution in [0.15, 0.2) is 48.6 Å². The fraction of sp³-hybridized carbons (Fsp3) is 0.500. The van der Waals surface area contributed by atoms with Crippen molar-refractivity contribution in [2.45, 2.75) is 51.6 Å². The number of carboxylic acid groups (broad SMARTS) is 1. The van der Waals surface area contributed by atoms with Crippen LogP contribution in [0.1, 0.15) is 45.4 Å². The maximum absolute atomic E-state index is 11.9. The van der Waals surface area contributed by atoms with Crippen LogP contribution in [-0.2, 0) is 9.59 Å². The van der Waals surface area contributed by atoms with Crippen molar-refractivity contribution in [3.8, 4) is 0 Å². The highest BCUT2D eigenvalue weighted by atomic mass is 16.4. The van der Waals surface area contributed by atoms with E-state index in [9.17, 15) is 19.8 Å². The molecule has 0 aromatic heterocycles. The van der Waals surface area contributed by atoms with Gasteiger partial charge >= 0.3 is 0 Å². The molecular formula is C20H27O4-. The Bertz CT molecular complexity index is 514. The summed E-state index contributed by atoms with van der Waals surface area (Å²) in [4.78, 5) is 22.3. The van der Waals surface area contributed by atoms with E-state index in [4.69, 9.17) is 0 Å². The first-order valence-electron chi connectivity index (χ1n) is 8.62. The maximum atomic E-state index is 11.9. The second-order valence-corrected chi connectivity index (χ2v) is 5.99. The first-order chi connectivity index (χ1) is 11.5. The molecule has 0 radical (unpaired) electrons. The lowest BCUT2D eigenvalue weighted by atomic mass is 9.90. The predicted octanol–water partition coefficient (Wildman–Crippen LogP) is 2.50. The molecule has 0 aromatic rings. The summed E-state index contributed by atoms with van der Waals surface area (Å²) in [5, 5.41) is 20.2. The lowest BCUT2D eigenvalue weighted by Gasteiger charge is -2.13. The zero-order chi connectivity index (χ0) is 17.8. The Labute approximate surface area is 144 Å². The summed E-state index contributed by atoms with van der Waals surface area (Å²) in [5.74, 6) is -1.07. The van der Waals surface area contributed by atoms with Crippen LogP contribution in [-0.4, -0.2) is 23.0 Å². The van der Waals surface area contributed by atoms with E-state index in [1.165, 1.54) is 0 Å². The SMILES string of the molecule is CC/C=C\C[C@H](O)/C=C/[C@H]1C(=O)C=C[C@@H]1C/C=C\CCCC(=O)[O-]. The number of carbonyl (C=O) groups is 2. The van der Waals surface area contributed by atoms with Crippen molar-refractivity contribution in [1.29, 1.82) is 0 Å². The summed E-state index contributed by atoms with van der Waals surface area (Å²) < 4.78 is 0. The molecule has 4 heteroatoms. The monoisotopic (exact) mass is 331 g/mol. The molecule has 0 unspecified atom stereocenters. The summed E-state index contributed by atoms with van der Waals surface area (Å²) in [7, 11) is 0. The molecule has 0 saturated carbocycles. The second kappa shape index (κ2) is 11.6. The molecule has 3 atom stereocenters. The number of aliphatic hydroxyl groups is 1. The van der Waals surface area contributed by atoms with Gasteiger partial charge in [0, 0.05) is 11.9 Å². The molecule has 0 aliphatic heterocycles. The average molecular weight is 331 g/mol. The van der Waals surface area contributed by atoms with Crippen LogP contribution in [0.3, 0.4) is 0 Å². The zero-order valence-electron chi connectivity index (χ0n) is 14.3. The van der Waals surface area contributed by atoms with Crippen LogP contribution >= 0.6 is 0 Å². The number of aliphatic hydroxyl groups excluding tert-OH is 1. The number of hydrogen-bond acceptors (Lipinski definition) is 4. The number of hydrogen-bond donors (Lipinski definition) is 1. The molecule has 1 aliphatic carbocycles. The lowest BCUT2D eigenvalue weighted by molar-refractivity contribution is -0.305. The van der Waals surface area contributed by atoms with Crippen LogP contribution in [0.2, 0.25) is 0 Å². The fourth-order valence-corrected chi connectivity index (χ4v) is 2.59. The predicted molar refractivity (Wildman–Crippen MR) is 92.9 cm³/mol. The summed E-state index contributed by atoms with van der Waals surface area (Å²) in [6, 6.07) is 0. The topological polar surface area (TPSA) is 77.4 Å². The van der Waals surface area contributed by atoms with Crippen molar-refractivity contribution in [2.24, 2.45) is 11.8 Å². The normalized spacial score (nSPS) is 22.3. The van der Waals surface area contributed by atoms with Crippen LogP contribution in [0.4, 0.5) is 0 Å². The van der Waals surface area contributed by atoms with Gasteiger partial charge in [0.2, 0.25) is 0 Å². The standard InChI is InChI=1S/C20H28O4/c1-2-3-6-10-17(21)13-14-18-16(12-15-19(18)22)9-7-4-5-8-11-20(23)24/h3-4,6-7,12-18,21H,2,5,8-11H2,1H3,(H,23,24)/p-1/b6-3-,7-4-,14-13+/t16-,17-,18+/m0/s1. The van der Waals surface area contributed by atoms with Crippen molar-refractivity contribution in [3.05, 3.63) is 48.6 Å². The van der Waals surface area contributed by atoms with Gasteiger partial charge < -0.3 is 15.0 Å². The fourth-order valence-electron chi connectivity index (χ4n) is 2.59.